The van der Waals surface area contributed by atoms with E-state index < -0.39 is 10.0 Å². The molecule has 100 valence electrons. The molecule has 0 aliphatic carbocycles. The highest BCUT2D eigenvalue weighted by molar-refractivity contribution is 7.89. The van der Waals surface area contributed by atoms with Gasteiger partial charge < -0.3 is 0 Å². The van der Waals surface area contributed by atoms with E-state index in [1.54, 1.807) is 0 Å². The molecular weight excluding hydrogens is 319 g/mol. The van der Waals surface area contributed by atoms with Gasteiger partial charge in [0.25, 0.3) is 0 Å². The molecule has 0 bridgehead atoms. The standard InChI is InChI=1S/C8H10Cl2N4O2S2/c9-7-5-6(8(10)17-7)18(15,16)13-4-2-1-3-12-14-11/h5,13H,1-4H2. The summed E-state index contributed by atoms with van der Waals surface area (Å²) in [6.07, 6.45) is 1.19. The van der Waals surface area contributed by atoms with Crippen LogP contribution in [0.3, 0.4) is 0 Å². The second kappa shape index (κ2) is 7.18. The van der Waals surface area contributed by atoms with Crippen LogP contribution >= 0.6 is 34.5 Å². The van der Waals surface area contributed by atoms with Crippen LogP contribution in [0.2, 0.25) is 8.67 Å². The van der Waals surface area contributed by atoms with E-state index in [-0.39, 0.29) is 15.8 Å². The number of hydrogen-bond donors (Lipinski definition) is 1. The van der Waals surface area contributed by atoms with Crippen molar-refractivity contribution in [1.82, 2.24) is 4.72 Å². The third kappa shape index (κ3) is 4.64. The summed E-state index contributed by atoms with van der Waals surface area (Å²) in [6.45, 7) is 0.607. The van der Waals surface area contributed by atoms with Gasteiger partial charge in [-0.25, -0.2) is 13.1 Å². The molecule has 0 saturated carbocycles. The van der Waals surface area contributed by atoms with E-state index in [0.717, 1.165) is 11.3 Å². The number of thiophene rings is 1. The van der Waals surface area contributed by atoms with Gasteiger partial charge in [0.15, 0.2) is 0 Å². The Morgan fingerprint density at radius 2 is 2.17 bits per heavy atom. The average molecular weight is 329 g/mol. The van der Waals surface area contributed by atoms with E-state index in [9.17, 15) is 8.42 Å². The van der Waals surface area contributed by atoms with Crippen molar-refractivity contribution in [3.05, 3.63) is 25.2 Å². The van der Waals surface area contributed by atoms with E-state index >= 15 is 0 Å². The van der Waals surface area contributed by atoms with Gasteiger partial charge in [0.05, 0.1) is 4.34 Å². The highest BCUT2D eigenvalue weighted by Gasteiger charge is 2.20. The van der Waals surface area contributed by atoms with Gasteiger partial charge in [0.2, 0.25) is 10.0 Å². The van der Waals surface area contributed by atoms with Gasteiger partial charge in [-0.2, -0.15) is 0 Å². The summed E-state index contributed by atoms with van der Waals surface area (Å²) in [6, 6.07) is 1.32. The van der Waals surface area contributed by atoms with Crippen LogP contribution in [0.25, 0.3) is 10.4 Å². The summed E-state index contributed by atoms with van der Waals surface area (Å²) in [4.78, 5) is 2.59. The Morgan fingerprint density at radius 3 is 2.72 bits per heavy atom. The maximum Gasteiger partial charge on any atom is 0.242 e. The van der Waals surface area contributed by atoms with Crippen LogP contribution in [0.5, 0.6) is 0 Å². The molecule has 1 N–H and O–H groups in total. The fourth-order valence-electron chi connectivity index (χ4n) is 1.14. The zero-order chi connectivity index (χ0) is 13.6. The van der Waals surface area contributed by atoms with Crippen LogP contribution in [0.4, 0.5) is 0 Å². The number of azide groups is 1. The van der Waals surface area contributed by atoms with Crippen molar-refractivity contribution in [3.8, 4) is 0 Å². The zero-order valence-electron chi connectivity index (χ0n) is 9.14. The third-order valence-electron chi connectivity index (χ3n) is 1.96. The van der Waals surface area contributed by atoms with Gasteiger partial charge in [-0.15, -0.1) is 11.3 Å². The molecule has 1 aromatic heterocycles. The van der Waals surface area contributed by atoms with Crippen molar-refractivity contribution in [2.75, 3.05) is 13.1 Å². The lowest BCUT2D eigenvalue weighted by atomic mass is 10.3. The van der Waals surface area contributed by atoms with E-state index in [1.165, 1.54) is 6.07 Å². The van der Waals surface area contributed by atoms with Crippen molar-refractivity contribution in [3.63, 3.8) is 0 Å². The van der Waals surface area contributed by atoms with E-state index in [1.807, 2.05) is 0 Å². The molecule has 0 amide bonds. The quantitative estimate of drug-likeness (QED) is 0.359. The second-order valence-corrected chi connectivity index (χ2v) is 7.27. The van der Waals surface area contributed by atoms with Crippen molar-refractivity contribution >= 4 is 44.6 Å². The lowest BCUT2D eigenvalue weighted by molar-refractivity contribution is 0.577. The van der Waals surface area contributed by atoms with E-state index in [2.05, 4.69) is 14.7 Å². The zero-order valence-corrected chi connectivity index (χ0v) is 12.3. The Hall–Kier alpha value is -0.500. The Morgan fingerprint density at radius 1 is 1.44 bits per heavy atom. The predicted molar refractivity (Wildman–Crippen MR) is 72.8 cm³/mol. The van der Waals surface area contributed by atoms with E-state index in [4.69, 9.17) is 28.7 Å². The summed E-state index contributed by atoms with van der Waals surface area (Å²) in [5, 5.41) is 3.35. The summed E-state index contributed by atoms with van der Waals surface area (Å²) in [5.41, 5.74) is 8.05. The average Bonchev–Trinajstić information content (AvgIpc) is 2.63. The van der Waals surface area contributed by atoms with Crippen LogP contribution < -0.4 is 4.72 Å². The fraction of sp³-hybridized carbons (Fsp3) is 0.500. The highest BCUT2D eigenvalue weighted by atomic mass is 35.5. The highest BCUT2D eigenvalue weighted by Crippen LogP contribution is 2.33. The number of hydrogen-bond acceptors (Lipinski definition) is 4. The molecule has 0 aliphatic heterocycles. The number of rotatable bonds is 7. The van der Waals surface area contributed by atoms with Crippen molar-refractivity contribution in [2.45, 2.75) is 17.7 Å². The molecule has 1 heterocycles. The first-order valence-corrected chi connectivity index (χ1v) is 7.98. The molecule has 1 aromatic rings. The molecule has 0 saturated heterocycles. The van der Waals surface area contributed by atoms with Gasteiger partial charge in [0.1, 0.15) is 9.23 Å². The third-order valence-corrected chi connectivity index (χ3v) is 5.17. The normalized spacial score (nSPS) is 11.2. The minimum atomic E-state index is -3.62. The summed E-state index contributed by atoms with van der Waals surface area (Å²) in [5.74, 6) is 0. The van der Waals surface area contributed by atoms with Gasteiger partial charge >= 0.3 is 0 Å². The Balaban J connectivity index is 2.50. The van der Waals surface area contributed by atoms with Crippen LogP contribution in [0.1, 0.15) is 12.8 Å². The molecule has 1 rings (SSSR count). The van der Waals surface area contributed by atoms with Crippen LogP contribution in [0, 0.1) is 0 Å². The maximum atomic E-state index is 11.8. The molecular formula is C8H10Cl2N4O2S2. The number of unbranched alkanes of at least 4 members (excludes halogenated alkanes) is 1. The topological polar surface area (TPSA) is 94.9 Å². The number of nitrogens with one attached hydrogen (secondary N) is 1. The van der Waals surface area contributed by atoms with Crippen LogP contribution in [-0.2, 0) is 10.0 Å². The maximum absolute atomic E-state index is 11.8. The first-order valence-electron chi connectivity index (χ1n) is 4.92. The molecule has 18 heavy (non-hydrogen) atoms. The first kappa shape index (κ1) is 15.6. The summed E-state index contributed by atoms with van der Waals surface area (Å²) in [7, 11) is -3.62. The summed E-state index contributed by atoms with van der Waals surface area (Å²) >= 11 is 12.5. The second-order valence-electron chi connectivity index (χ2n) is 3.25. The van der Waals surface area contributed by atoms with Crippen molar-refractivity contribution in [2.24, 2.45) is 5.11 Å². The SMILES string of the molecule is [N-]=[N+]=NCCCCNS(=O)(=O)c1cc(Cl)sc1Cl. The van der Waals surface area contributed by atoms with Gasteiger partial charge in [-0.1, -0.05) is 28.3 Å². The molecule has 6 nitrogen and oxygen atoms in total. The molecule has 0 unspecified atom stereocenters. The largest absolute Gasteiger partial charge is 0.242 e. The number of halogens is 2. The monoisotopic (exact) mass is 328 g/mol. The minimum absolute atomic E-state index is 0.00536. The number of nitrogens with zero attached hydrogens (tertiary/aromatic N) is 3. The molecule has 0 fully saturated rings. The Labute approximate surface area is 119 Å². The summed E-state index contributed by atoms with van der Waals surface area (Å²) < 4.78 is 26.5. The van der Waals surface area contributed by atoms with Crippen molar-refractivity contribution < 1.29 is 8.42 Å². The molecule has 0 aromatic carbocycles. The Kier molecular flexibility index (Phi) is 6.20. The molecule has 0 atom stereocenters. The predicted octanol–water partition coefficient (Wildman–Crippen LogP) is 3.42. The van der Waals surface area contributed by atoms with Gasteiger partial charge in [-0.05, 0) is 24.4 Å². The molecule has 0 radical (unpaired) electrons. The number of sulfonamides is 1. The lowest BCUT2D eigenvalue weighted by Gasteiger charge is -2.04. The lowest BCUT2D eigenvalue weighted by Crippen LogP contribution is -2.24. The van der Waals surface area contributed by atoms with Gasteiger partial charge in [0, 0.05) is 18.0 Å². The van der Waals surface area contributed by atoms with Crippen LogP contribution in [0.15, 0.2) is 16.1 Å². The smallest absolute Gasteiger partial charge is 0.211 e. The molecule has 0 spiro atoms. The molecule has 0 aliphatic rings. The van der Waals surface area contributed by atoms with Crippen LogP contribution in [-0.4, -0.2) is 21.5 Å². The minimum Gasteiger partial charge on any atom is -0.211 e. The fourth-order valence-corrected chi connectivity index (χ4v) is 4.37. The van der Waals surface area contributed by atoms with E-state index in [0.29, 0.717) is 23.7 Å². The molecule has 10 heteroatoms. The Bertz CT molecular complexity index is 551. The first-order chi connectivity index (χ1) is 8.47. The van der Waals surface area contributed by atoms with Gasteiger partial charge in [-0.3, -0.25) is 0 Å². The van der Waals surface area contributed by atoms with Crippen molar-refractivity contribution in [1.29, 1.82) is 0 Å².